The summed E-state index contributed by atoms with van der Waals surface area (Å²) in [7, 11) is 0. The molecule has 0 aliphatic heterocycles. The summed E-state index contributed by atoms with van der Waals surface area (Å²) in [6, 6.07) is 13.0. The Morgan fingerprint density at radius 1 is 1.10 bits per heavy atom. The first-order valence-corrected chi connectivity index (χ1v) is 10.4. The molecule has 1 atom stereocenters. The van der Waals surface area contributed by atoms with Crippen LogP contribution in [0.1, 0.15) is 18.5 Å². The summed E-state index contributed by atoms with van der Waals surface area (Å²) in [6.45, 7) is 2.24. The molecule has 2 N–H and O–H groups in total. The highest BCUT2D eigenvalue weighted by Crippen LogP contribution is 2.28. The summed E-state index contributed by atoms with van der Waals surface area (Å²) in [5, 5.41) is 8.62. The smallest absolute Gasteiger partial charge is 0.210 e. The fourth-order valence-corrected chi connectivity index (χ4v) is 3.70. The Kier molecular flexibility index (Phi) is 7.89. The monoisotopic (exact) mass is 479 g/mol. The van der Waals surface area contributed by atoms with Crippen LogP contribution in [0.4, 0.5) is 5.69 Å². The van der Waals surface area contributed by atoms with Crippen LogP contribution in [0.25, 0.3) is 0 Å². The van der Waals surface area contributed by atoms with Gasteiger partial charge in [-0.15, -0.1) is 0 Å². The molecule has 2 aromatic carbocycles. The molecule has 5 nitrogen and oxygen atoms in total. The lowest BCUT2D eigenvalue weighted by molar-refractivity contribution is 0.531. The zero-order chi connectivity index (χ0) is 21.5. The third kappa shape index (κ3) is 6.07. The van der Waals surface area contributed by atoms with Gasteiger partial charge >= 0.3 is 0 Å². The highest BCUT2D eigenvalue weighted by molar-refractivity contribution is 6.37. The SMILES string of the molecule is CC#CN=C(Nc1ccc(Cl)cc1Cl)NC(Cn1ccnc1)c1ccc(Cl)cc1Cl. The number of halogens is 4. The second kappa shape index (κ2) is 10.6. The second-order valence-corrected chi connectivity index (χ2v) is 7.88. The molecule has 0 saturated carbocycles. The predicted molar refractivity (Wildman–Crippen MR) is 126 cm³/mol. The number of rotatable bonds is 5. The van der Waals surface area contributed by atoms with Gasteiger partial charge in [-0.25, -0.2) is 4.98 Å². The normalized spacial score (nSPS) is 12.1. The zero-order valence-electron chi connectivity index (χ0n) is 15.8. The minimum absolute atomic E-state index is 0.264. The first-order chi connectivity index (χ1) is 14.5. The molecule has 0 fully saturated rings. The molecule has 3 rings (SSSR count). The maximum atomic E-state index is 6.48. The van der Waals surface area contributed by atoms with Crippen LogP contribution < -0.4 is 10.6 Å². The molecule has 0 saturated heterocycles. The molecule has 9 heteroatoms. The van der Waals surface area contributed by atoms with E-state index in [1.807, 2.05) is 16.8 Å². The van der Waals surface area contributed by atoms with E-state index in [9.17, 15) is 0 Å². The van der Waals surface area contributed by atoms with Crippen LogP contribution in [0, 0.1) is 12.0 Å². The van der Waals surface area contributed by atoms with E-state index in [0.717, 1.165) is 5.56 Å². The van der Waals surface area contributed by atoms with Crippen LogP contribution in [0.3, 0.4) is 0 Å². The molecule has 3 aromatic rings. The van der Waals surface area contributed by atoms with Crippen molar-refractivity contribution in [2.75, 3.05) is 5.32 Å². The maximum absolute atomic E-state index is 6.48. The Balaban J connectivity index is 1.94. The van der Waals surface area contributed by atoms with Crippen molar-refractivity contribution in [3.05, 3.63) is 80.8 Å². The van der Waals surface area contributed by atoms with Gasteiger partial charge in [0, 0.05) is 40.1 Å². The third-order valence-electron chi connectivity index (χ3n) is 4.07. The van der Waals surface area contributed by atoms with Crippen molar-refractivity contribution in [2.24, 2.45) is 4.99 Å². The Bertz CT molecular complexity index is 1100. The number of hydrogen-bond donors (Lipinski definition) is 2. The summed E-state index contributed by atoms with van der Waals surface area (Å²) in [4.78, 5) is 8.40. The lowest BCUT2D eigenvalue weighted by Gasteiger charge is -2.23. The van der Waals surface area contributed by atoms with Crippen LogP contribution in [0.2, 0.25) is 20.1 Å². The van der Waals surface area contributed by atoms with E-state index < -0.39 is 0 Å². The van der Waals surface area contributed by atoms with Crippen molar-refractivity contribution in [3.63, 3.8) is 0 Å². The van der Waals surface area contributed by atoms with Crippen LogP contribution in [-0.2, 0) is 6.54 Å². The number of nitrogens with zero attached hydrogens (tertiary/aromatic N) is 3. The Labute approximate surface area is 195 Å². The van der Waals surface area contributed by atoms with E-state index in [4.69, 9.17) is 46.4 Å². The lowest BCUT2D eigenvalue weighted by Crippen LogP contribution is -2.36. The van der Waals surface area contributed by atoms with Gasteiger partial charge in [0.15, 0.2) is 0 Å². The number of guanidine groups is 1. The van der Waals surface area contributed by atoms with Crippen LogP contribution >= 0.6 is 46.4 Å². The van der Waals surface area contributed by atoms with Gasteiger partial charge in [0.25, 0.3) is 0 Å². The molecule has 154 valence electrons. The van der Waals surface area contributed by atoms with Gasteiger partial charge in [-0.05, 0) is 42.8 Å². The first-order valence-electron chi connectivity index (χ1n) is 8.85. The van der Waals surface area contributed by atoms with Gasteiger partial charge in [0.1, 0.15) is 0 Å². The number of hydrogen-bond acceptors (Lipinski definition) is 2. The number of nitrogens with one attached hydrogen (secondary N) is 2. The average molecular weight is 481 g/mol. The molecule has 30 heavy (non-hydrogen) atoms. The van der Waals surface area contributed by atoms with Crippen molar-refractivity contribution in [1.82, 2.24) is 14.9 Å². The molecule has 0 radical (unpaired) electrons. The number of aliphatic imine (C=N–C) groups is 1. The van der Waals surface area contributed by atoms with E-state index in [0.29, 0.717) is 38.3 Å². The average Bonchev–Trinajstić information content (AvgIpc) is 3.21. The summed E-state index contributed by atoms with van der Waals surface area (Å²) >= 11 is 24.9. The highest BCUT2D eigenvalue weighted by atomic mass is 35.5. The molecule has 0 amide bonds. The summed E-state index contributed by atoms with van der Waals surface area (Å²) in [5.74, 6) is 3.16. The molecule has 0 bridgehead atoms. The molecule has 0 aliphatic carbocycles. The highest BCUT2D eigenvalue weighted by Gasteiger charge is 2.18. The van der Waals surface area contributed by atoms with Crippen molar-refractivity contribution in [3.8, 4) is 12.0 Å². The molecular formula is C21H17Cl4N5. The quantitative estimate of drug-likeness (QED) is 0.257. The minimum Gasteiger partial charge on any atom is -0.347 e. The largest absolute Gasteiger partial charge is 0.347 e. The van der Waals surface area contributed by atoms with Gasteiger partial charge in [-0.1, -0.05) is 58.4 Å². The lowest BCUT2D eigenvalue weighted by atomic mass is 10.1. The zero-order valence-corrected chi connectivity index (χ0v) is 18.9. The van der Waals surface area contributed by atoms with Crippen molar-refractivity contribution in [2.45, 2.75) is 19.5 Å². The number of imidazole rings is 1. The minimum atomic E-state index is -0.264. The van der Waals surface area contributed by atoms with Gasteiger partial charge in [0.2, 0.25) is 5.96 Å². The second-order valence-electron chi connectivity index (χ2n) is 6.19. The molecule has 1 heterocycles. The van der Waals surface area contributed by atoms with Crippen LogP contribution in [-0.4, -0.2) is 15.5 Å². The third-order valence-corrected chi connectivity index (χ3v) is 5.18. The Morgan fingerprint density at radius 2 is 1.83 bits per heavy atom. The molecule has 1 aromatic heterocycles. The molecule has 1 unspecified atom stereocenters. The van der Waals surface area contributed by atoms with E-state index in [1.165, 1.54) is 0 Å². The van der Waals surface area contributed by atoms with Crippen molar-refractivity contribution in [1.29, 1.82) is 0 Å². The molecular weight excluding hydrogens is 464 g/mol. The number of anilines is 1. The van der Waals surface area contributed by atoms with Gasteiger partial charge in [-0.2, -0.15) is 4.99 Å². The summed E-state index contributed by atoms with van der Waals surface area (Å²) in [6.07, 6.45) is 5.30. The number of aromatic nitrogens is 2. The van der Waals surface area contributed by atoms with E-state index in [2.05, 4.69) is 32.6 Å². The van der Waals surface area contributed by atoms with Crippen LogP contribution in [0.5, 0.6) is 0 Å². The molecule has 0 spiro atoms. The van der Waals surface area contributed by atoms with E-state index in [-0.39, 0.29) is 6.04 Å². The topological polar surface area (TPSA) is 54.2 Å². The van der Waals surface area contributed by atoms with Crippen molar-refractivity contribution >= 4 is 58.1 Å². The summed E-state index contributed by atoms with van der Waals surface area (Å²) in [5.41, 5.74) is 1.48. The van der Waals surface area contributed by atoms with E-state index >= 15 is 0 Å². The summed E-state index contributed by atoms with van der Waals surface area (Å²) < 4.78 is 1.93. The Hall–Kier alpha value is -2.36. The first kappa shape index (κ1) is 22.3. The van der Waals surface area contributed by atoms with Crippen LogP contribution in [0.15, 0.2) is 60.1 Å². The standard InChI is InChI=1S/C21H17Cl4N5/c1-2-7-27-21(28-19-6-4-15(23)11-18(19)25)29-20(12-30-9-8-26-13-30)16-5-3-14(22)10-17(16)24/h3-6,8-11,13,20H,12H2,1H3,(H2,27,28,29). The maximum Gasteiger partial charge on any atom is 0.210 e. The predicted octanol–water partition coefficient (Wildman–Crippen LogP) is 6.28. The molecule has 0 aliphatic rings. The van der Waals surface area contributed by atoms with Gasteiger partial charge in [0.05, 0.1) is 23.1 Å². The van der Waals surface area contributed by atoms with E-state index in [1.54, 1.807) is 49.8 Å². The van der Waals surface area contributed by atoms with Gasteiger partial charge in [-0.3, -0.25) is 0 Å². The Morgan fingerprint density at radius 3 is 2.47 bits per heavy atom. The van der Waals surface area contributed by atoms with Gasteiger partial charge < -0.3 is 15.2 Å². The number of benzene rings is 2. The van der Waals surface area contributed by atoms with Crippen molar-refractivity contribution < 1.29 is 0 Å². The fourth-order valence-electron chi connectivity index (χ4n) is 2.70. The fraction of sp³-hybridized carbons (Fsp3) is 0.143.